The number of aliphatic hydroxyl groups excluding tert-OH is 1. The van der Waals surface area contributed by atoms with Gasteiger partial charge in [-0.05, 0) is 17.7 Å². The van der Waals surface area contributed by atoms with Gasteiger partial charge < -0.3 is 5.11 Å². The third-order valence-corrected chi connectivity index (χ3v) is 2.45. The van der Waals surface area contributed by atoms with Crippen LogP contribution in [0.3, 0.4) is 0 Å². The van der Waals surface area contributed by atoms with Crippen molar-refractivity contribution in [3.8, 4) is 0 Å². The summed E-state index contributed by atoms with van der Waals surface area (Å²) in [7, 11) is 0. The molecule has 2 rings (SSSR count). The summed E-state index contributed by atoms with van der Waals surface area (Å²) in [4.78, 5) is 4.18. The van der Waals surface area contributed by atoms with Crippen molar-refractivity contribution >= 4 is 6.08 Å². The van der Waals surface area contributed by atoms with E-state index in [0.29, 0.717) is 6.42 Å². The van der Waals surface area contributed by atoms with E-state index in [-0.39, 0.29) is 0 Å². The first-order valence-corrected chi connectivity index (χ1v) is 5.66. The van der Waals surface area contributed by atoms with Crippen LogP contribution in [-0.4, -0.2) is 16.2 Å². The van der Waals surface area contributed by atoms with E-state index in [4.69, 9.17) is 0 Å². The largest absolute Gasteiger partial charge is 0.389 e. The molecular weight excluding hydrogens is 210 g/mol. The van der Waals surface area contributed by atoms with Crippen molar-refractivity contribution in [2.75, 3.05) is 0 Å². The summed E-state index contributed by atoms with van der Waals surface area (Å²) in [6, 6.07) is 15.6. The first-order valence-electron chi connectivity index (χ1n) is 5.66. The van der Waals surface area contributed by atoms with E-state index in [2.05, 4.69) is 4.98 Å². The van der Waals surface area contributed by atoms with E-state index < -0.39 is 6.10 Å². The molecule has 1 atom stereocenters. The van der Waals surface area contributed by atoms with Gasteiger partial charge in [0.05, 0.1) is 6.10 Å². The van der Waals surface area contributed by atoms with Gasteiger partial charge in [-0.3, -0.25) is 4.98 Å². The van der Waals surface area contributed by atoms with Crippen molar-refractivity contribution in [3.05, 3.63) is 72.1 Å². The van der Waals surface area contributed by atoms with Crippen molar-refractivity contribution in [3.63, 3.8) is 0 Å². The standard InChI is InChI=1S/C15H15NO/c17-15(12-14-8-4-5-11-16-14)10-9-13-6-2-1-3-7-13/h1-11,15,17H,12H2. The van der Waals surface area contributed by atoms with Crippen LogP contribution in [0.1, 0.15) is 11.3 Å². The van der Waals surface area contributed by atoms with Gasteiger partial charge in [-0.15, -0.1) is 0 Å². The molecule has 2 nitrogen and oxygen atoms in total. The number of hydrogen-bond donors (Lipinski definition) is 1. The fourth-order valence-electron chi connectivity index (χ4n) is 1.59. The number of rotatable bonds is 4. The molecule has 86 valence electrons. The molecule has 0 aliphatic carbocycles. The molecule has 0 spiro atoms. The molecule has 1 aromatic heterocycles. The summed E-state index contributed by atoms with van der Waals surface area (Å²) in [6.45, 7) is 0. The molecule has 1 unspecified atom stereocenters. The third kappa shape index (κ3) is 3.85. The van der Waals surface area contributed by atoms with Crippen molar-refractivity contribution < 1.29 is 5.11 Å². The Bertz CT molecular complexity index is 465. The van der Waals surface area contributed by atoms with Crippen LogP contribution in [0.25, 0.3) is 6.08 Å². The Labute approximate surface area is 101 Å². The van der Waals surface area contributed by atoms with Crippen LogP contribution in [0.2, 0.25) is 0 Å². The maximum Gasteiger partial charge on any atom is 0.0779 e. The van der Waals surface area contributed by atoms with Crippen molar-refractivity contribution in [1.29, 1.82) is 0 Å². The molecule has 0 aliphatic heterocycles. The van der Waals surface area contributed by atoms with Gasteiger partial charge in [0.25, 0.3) is 0 Å². The van der Waals surface area contributed by atoms with E-state index in [1.54, 1.807) is 12.3 Å². The average Bonchev–Trinajstić information content (AvgIpc) is 2.39. The lowest BCUT2D eigenvalue weighted by Crippen LogP contribution is -2.07. The van der Waals surface area contributed by atoms with Crippen molar-refractivity contribution in [2.24, 2.45) is 0 Å². The fraction of sp³-hybridized carbons (Fsp3) is 0.133. The molecule has 0 fully saturated rings. The number of aliphatic hydroxyl groups is 1. The molecule has 0 saturated heterocycles. The van der Waals surface area contributed by atoms with Gasteiger partial charge in [0, 0.05) is 18.3 Å². The minimum atomic E-state index is -0.495. The monoisotopic (exact) mass is 225 g/mol. The molecule has 0 aliphatic rings. The Morgan fingerprint density at radius 1 is 1.06 bits per heavy atom. The Morgan fingerprint density at radius 2 is 1.82 bits per heavy atom. The lowest BCUT2D eigenvalue weighted by molar-refractivity contribution is 0.223. The molecule has 1 aromatic carbocycles. The maximum atomic E-state index is 9.84. The quantitative estimate of drug-likeness (QED) is 0.867. The van der Waals surface area contributed by atoms with Crippen LogP contribution < -0.4 is 0 Å². The molecule has 0 radical (unpaired) electrons. The van der Waals surface area contributed by atoms with E-state index in [1.807, 2.05) is 54.6 Å². The van der Waals surface area contributed by atoms with Gasteiger partial charge in [0.2, 0.25) is 0 Å². The SMILES string of the molecule is OC(C=Cc1ccccc1)Cc1ccccn1. The topological polar surface area (TPSA) is 33.1 Å². The summed E-state index contributed by atoms with van der Waals surface area (Å²) in [5, 5.41) is 9.84. The zero-order chi connectivity index (χ0) is 11.9. The van der Waals surface area contributed by atoms with Gasteiger partial charge in [0.1, 0.15) is 0 Å². The molecule has 1 N–H and O–H groups in total. The first kappa shape index (κ1) is 11.6. The summed E-state index contributed by atoms with van der Waals surface area (Å²) < 4.78 is 0. The normalized spacial score (nSPS) is 12.8. The second-order valence-corrected chi connectivity index (χ2v) is 3.86. The van der Waals surface area contributed by atoms with Gasteiger partial charge in [-0.2, -0.15) is 0 Å². The highest BCUT2D eigenvalue weighted by Crippen LogP contribution is 2.05. The molecule has 0 bridgehead atoms. The fourth-order valence-corrected chi connectivity index (χ4v) is 1.59. The maximum absolute atomic E-state index is 9.84. The first-order chi connectivity index (χ1) is 8.34. The molecular formula is C15H15NO. The molecule has 2 aromatic rings. The van der Waals surface area contributed by atoms with Gasteiger partial charge >= 0.3 is 0 Å². The predicted molar refractivity (Wildman–Crippen MR) is 69.4 cm³/mol. The Morgan fingerprint density at radius 3 is 2.53 bits per heavy atom. The number of nitrogens with zero attached hydrogens (tertiary/aromatic N) is 1. The predicted octanol–water partition coefficient (Wildman–Crippen LogP) is 2.70. The minimum Gasteiger partial charge on any atom is -0.389 e. The summed E-state index contributed by atoms with van der Waals surface area (Å²) in [5.74, 6) is 0. The molecule has 0 saturated carbocycles. The van der Waals surface area contributed by atoms with Gasteiger partial charge in [-0.25, -0.2) is 0 Å². The highest BCUT2D eigenvalue weighted by molar-refractivity contribution is 5.49. The van der Waals surface area contributed by atoms with E-state index >= 15 is 0 Å². The summed E-state index contributed by atoms with van der Waals surface area (Å²) >= 11 is 0. The van der Waals surface area contributed by atoms with Crippen molar-refractivity contribution in [2.45, 2.75) is 12.5 Å². The van der Waals surface area contributed by atoms with E-state index in [0.717, 1.165) is 11.3 Å². The number of aromatic nitrogens is 1. The van der Waals surface area contributed by atoms with Crippen LogP contribution in [0.5, 0.6) is 0 Å². The van der Waals surface area contributed by atoms with Crippen LogP contribution in [0, 0.1) is 0 Å². The van der Waals surface area contributed by atoms with Crippen LogP contribution in [0.4, 0.5) is 0 Å². The second kappa shape index (κ2) is 5.97. The zero-order valence-electron chi connectivity index (χ0n) is 9.53. The number of pyridine rings is 1. The van der Waals surface area contributed by atoms with E-state index in [1.165, 1.54) is 0 Å². The molecule has 17 heavy (non-hydrogen) atoms. The van der Waals surface area contributed by atoms with Gasteiger partial charge in [0.15, 0.2) is 0 Å². The Balaban J connectivity index is 1.94. The van der Waals surface area contributed by atoms with E-state index in [9.17, 15) is 5.11 Å². The lowest BCUT2D eigenvalue weighted by atomic mass is 10.1. The highest BCUT2D eigenvalue weighted by atomic mass is 16.3. The molecule has 0 amide bonds. The smallest absolute Gasteiger partial charge is 0.0779 e. The Hall–Kier alpha value is -1.93. The minimum absolute atomic E-state index is 0.495. The molecule has 2 heteroatoms. The van der Waals surface area contributed by atoms with Crippen LogP contribution in [-0.2, 0) is 6.42 Å². The summed E-state index contributed by atoms with van der Waals surface area (Å²) in [5.41, 5.74) is 1.99. The number of hydrogen-bond acceptors (Lipinski definition) is 2. The van der Waals surface area contributed by atoms with Crippen LogP contribution >= 0.6 is 0 Å². The Kier molecular flexibility index (Phi) is 4.05. The molecule has 1 heterocycles. The zero-order valence-corrected chi connectivity index (χ0v) is 9.53. The van der Waals surface area contributed by atoms with Gasteiger partial charge in [-0.1, -0.05) is 48.6 Å². The summed E-state index contributed by atoms with van der Waals surface area (Å²) in [6.07, 6.45) is 5.51. The highest BCUT2D eigenvalue weighted by Gasteiger charge is 2.01. The second-order valence-electron chi connectivity index (χ2n) is 3.86. The lowest BCUT2D eigenvalue weighted by Gasteiger charge is -2.04. The average molecular weight is 225 g/mol. The van der Waals surface area contributed by atoms with Crippen LogP contribution in [0.15, 0.2) is 60.8 Å². The van der Waals surface area contributed by atoms with Crippen molar-refractivity contribution in [1.82, 2.24) is 4.98 Å². The third-order valence-electron chi connectivity index (χ3n) is 2.45. The number of benzene rings is 1.